The minimum atomic E-state index is 0.371. The number of nitrogens with zero attached hydrogens (tertiary/aromatic N) is 1. The summed E-state index contributed by atoms with van der Waals surface area (Å²) in [5.74, 6) is 1.99. The van der Waals surface area contributed by atoms with Crippen molar-refractivity contribution in [1.29, 1.82) is 0 Å². The molecule has 6 heteroatoms. The van der Waals surface area contributed by atoms with Crippen molar-refractivity contribution in [3.05, 3.63) is 51.5 Å². The first-order valence-electron chi connectivity index (χ1n) is 7.43. The number of methoxy groups -OCH3 is 1. The van der Waals surface area contributed by atoms with Crippen LogP contribution in [0.3, 0.4) is 0 Å². The minimum Gasteiger partial charge on any atom is -0.493 e. The number of rotatable bonds is 7. The largest absolute Gasteiger partial charge is 0.493 e. The number of oxime groups is 1. The first-order valence-corrected chi connectivity index (χ1v) is 8.23. The molecule has 24 heavy (non-hydrogen) atoms. The van der Waals surface area contributed by atoms with Crippen molar-refractivity contribution in [1.82, 2.24) is 0 Å². The van der Waals surface area contributed by atoms with E-state index in [0.29, 0.717) is 34.7 Å². The first kappa shape index (κ1) is 18.1. The second-order valence-corrected chi connectivity index (χ2v) is 6.03. The van der Waals surface area contributed by atoms with Gasteiger partial charge in [0.1, 0.15) is 19.0 Å². The second kappa shape index (κ2) is 8.59. The van der Waals surface area contributed by atoms with Gasteiger partial charge in [-0.05, 0) is 59.1 Å². The van der Waals surface area contributed by atoms with Crippen LogP contribution in [0.2, 0.25) is 0 Å². The molecule has 0 aliphatic heterocycles. The lowest BCUT2D eigenvalue weighted by atomic mass is 10.1. The monoisotopic (exact) mass is 393 g/mol. The van der Waals surface area contributed by atoms with Gasteiger partial charge in [-0.2, -0.15) is 0 Å². The Kier molecular flexibility index (Phi) is 6.49. The molecule has 0 fully saturated rings. The molecular weight excluding hydrogens is 374 g/mol. The normalized spacial score (nSPS) is 10.8. The molecule has 2 aromatic carbocycles. The summed E-state index contributed by atoms with van der Waals surface area (Å²) in [6, 6.07) is 9.48. The summed E-state index contributed by atoms with van der Waals surface area (Å²) in [4.78, 5) is 0. The van der Waals surface area contributed by atoms with Crippen molar-refractivity contribution >= 4 is 22.1 Å². The van der Waals surface area contributed by atoms with Crippen LogP contribution in [0.25, 0.3) is 0 Å². The maximum Gasteiger partial charge on any atom is 0.175 e. The Labute approximate surface area is 150 Å². The van der Waals surface area contributed by atoms with E-state index in [9.17, 15) is 0 Å². The van der Waals surface area contributed by atoms with E-state index < -0.39 is 0 Å². The molecule has 0 saturated heterocycles. The van der Waals surface area contributed by atoms with E-state index in [1.807, 2.05) is 19.1 Å². The summed E-state index contributed by atoms with van der Waals surface area (Å²) < 4.78 is 17.6. The van der Waals surface area contributed by atoms with Crippen LogP contribution < -0.4 is 14.2 Å². The minimum absolute atomic E-state index is 0.371. The Balaban J connectivity index is 2.00. The zero-order valence-corrected chi connectivity index (χ0v) is 15.5. The zero-order chi connectivity index (χ0) is 17.5. The Morgan fingerprint density at radius 2 is 1.88 bits per heavy atom. The smallest absolute Gasteiger partial charge is 0.175 e. The molecule has 0 atom stereocenters. The predicted octanol–water partition coefficient (Wildman–Crippen LogP) is 4.34. The van der Waals surface area contributed by atoms with Crippen LogP contribution in [-0.4, -0.2) is 31.7 Å². The third kappa shape index (κ3) is 4.41. The lowest BCUT2D eigenvalue weighted by molar-refractivity contribution is 0.209. The summed E-state index contributed by atoms with van der Waals surface area (Å²) >= 11 is 3.44. The van der Waals surface area contributed by atoms with E-state index >= 15 is 0 Å². The molecule has 1 N–H and O–H groups in total. The van der Waals surface area contributed by atoms with E-state index in [1.165, 1.54) is 11.8 Å². The number of halogens is 1. The van der Waals surface area contributed by atoms with Crippen LogP contribution in [0, 0.1) is 13.8 Å². The Morgan fingerprint density at radius 1 is 1.12 bits per heavy atom. The highest BCUT2D eigenvalue weighted by atomic mass is 79.9. The maximum atomic E-state index is 8.63. The molecule has 0 aliphatic rings. The van der Waals surface area contributed by atoms with Crippen molar-refractivity contribution in [2.75, 3.05) is 20.3 Å². The summed E-state index contributed by atoms with van der Waals surface area (Å²) in [7, 11) is 1.56. The van der Waals surface area contributed by atoms with Crippen molar-refractivity contribution in [2.24, 2.45) is 5.16 Å². The zero-order valence-electron chi connectivity index (χ0n) is 13.9. The average molecular weight is 394 g/mol. The van der Waals surface area contributed by atoms with Gasteiger partial charge < -0.3 is 19.4 Å². The van der Waals surface area contributed by atoms with Gasteiger partial charge in [-0.25, -0.2) is 0 Å². The van der Waals surface area contributed by atoms with Crippen LogP contribution >= 0.6 is 15.9 Å². The molecule has 0 amide bonds. The van der Waals surface area contributed by atoms with E-state index in [0.717, 1.165) is 11.3 Å². The molecule has 5 nitrogen and oxygen atoms in total. The molecule has 2 rings (SSSR count). The van der Waals surface area contributed by atoms with Crippen molar-refractivity contribution < 1.29 is 19.4 Å². The Hall–Kier alpha value is -2.21. The standard InChI is InChI=1S/C18H20BrNO4/c1-12-5-4-6-16(13(12)2)23-7-8-24-18-15(19)9-14(11-20-21)10-17(18)22-3/h4-6,9-11,21H,7-8H2,1-3H3. The van der Waals surface area contributed by atoms with Gasteiger partial charge in [0.25, 0.3) is 0 Å². The summed E-state index contributed by atoms with van der Waals surface area (Å²) in [6.07, 6.45) is 1.32. The fourth-order valence-electron chi connectivity index (χ4n) is 2.20. The van der Waals surface area contributed by atoms with Gasteiger partial charge in [-0.3, -0.25) is 0 Å². The fraction of sp³-hybridized carbons (Fsp3) is 0.278. The number of aryl methyl sites for hydroxylation is 1. The Bertz CT molecular complexity index is 731. The molecule has 0 unspecified atom stereocenters. The topological polar surface area (TPSA) is 60.3 Å². The van der Waals surface area contributed by atoms with Crippen molar-refractivity contribution in [3.8, 4) is 17.2 Å². The maximum absolute atomic E-state index is 8.63. The highest BCUT2D eigenvalue weighted by Gasteiger charge is 2.11. The highest BCUT2D eigenvalue weighted by Crippen LogP contribution is 2.36. The lowest BCUT2D eigenvalue weighted by Crippen LogP contribution is -2.10. The molecule has 0 bridgehead atoms. The molecule has 0 saturated carbocycles. The lowest BCUT2D eigenvalue weighted by Gasteiger charge is -2.15. The van der Waals surface area contributed by atoms with Crippen LogP contribution in [-0.2, 0) is 0 Å². The predicted molar refractivity (Wildman–Crippen MR) is 97.0 cm³/mol. The van der Waals surface area contributed by atoms with Crippen LogP contribution in [0.15, 0.2) is 40.0 Å². The van der Waals surface area contributed by atoms with Crippen LogP contribution in [0.4, 0.5) is 0 Å². The van der Waals surface area contributed by atoms with Crippen LogP contribution in [0.1, 0.15) is 16.7 Å². The summed E-state index contributed by atoms with van der Waals surface area (Å²) in [5.41, 5.74) is 3.02. The molecular formula is C18H20BrNO4. The van der Waals surface area contributed by atoms with Gasteiger partial charge in [0.15, 0.2) is 11.5 Å². The van der Waals surface area contributed by atoms with Gasteiger partial charge in [-0.15, -0.1) is 0 Å². The summed E-state index contributed by atoms with van der Waals surface area (Å²) in [6.45, 7) is 4.88. The van der Waals surface area contributed by atoms with Gasteiger partial charge in [0, 0.05) is 5.56 Å². The third-order valence-corrected chi connectivity index (χ3v) is 4.19. The molecule has 0 heterocycles. The van der Waals surface area contributed by atoms with Gasteiger partial charge in [0.2, 0.25) is 0 Å². The molecule has 0 aliphatic carbocycles. The van der Waals surface area contributed by atoms with Crippen molar-refractivity contribution in [3.63, 3.8) is 0 Å². The second-order valence-electron chi connectivity index (χ2n) is 5.17. The van der Waals surface area contributed by atoms with E-state index in [2.05, 4.69) is 34.1 Å². The number of benzene rings is 2. The average Bonchev–Trinajstić information content (AvgIpc) is 2.56. The third-order valence-electron chi connectivity index (χ3n) is 3.60. The first-order chi connectivity index (χ1) is 11.6. The quantitative estimate of drug-likeness (QED) is 0.329. The fourth-order valence-corrected chi connectivity index (χ4v) is 2.77. The Morgan fingerprint density at radius 3 is 2.58 bits per heavy atom. The van der Waals surface area contributed by atoms with E-state index in [1.54, 1.807) is 19.2 Å². The molecule has 0 spiro atoms. The molecule has 128 valence electrons. The molecule has 0 radical (unpaired) electrons. The van der Waals surface area contributed by atoms with E-state index in [4.69, 9.17) is 19.4 Å². The van der Waals surface area contributed by atoms with Crippen molar-refractivity contribution in [2.45, 2.75) is 13.8 Å². The molecule has 0 aromatic heterocycles. The SMILES string of the molecule is COc1cc(C=NO)cc(Br)c1OCCOc1cccc(C)c1C. The van der Waals surface area contributed by atoms with E-state index in [-0.39, 0.29) is 0 Å². The van der Waals surface area contributed by atoms with Crippen LogP contribution in [0.5, 0.6) is 17.2 Å². The van der Waals surface area contributed by atoms with Gasteiger partial charge in [-0.1, -0.05) is 17.3 Å². The number of hydrogen-bond donors (Lipinski definition) is 1. The number of ether oxygens (including phenoxy) is 3. The molecule has 2 aromatic rings. The number of hydrogen-bond acceptors (Lipinski definition) is 5. The van der Waals surface area contributed by atoms with Gasteiger partial charge >= 0.3 is 0 Å². The van der Waals surface area contributed by atoms with Gasteiger partial charge in [0.05, 0.1) is 17.8 Å². The highest BCUT2D eigenvalue weighted by molar-refractivity contribution is 9.10. The summed E-state index contributed by atoms with van der Waals surface area (Å²) in [5, 5.41) is 11.6.